The van der Waals surface area contributed by atoms with Gasteiger partial charge in [0.25, 0.3) is 0 Å². The van der Waals surface area contributed by atoms with E-state index in [1.54, 1.807) is 10.9 Å². The highest BCUT2D eigenvalue weighted by atomic mass is 16.4. The minimum Gasteiger partial charge on any atom is -0.480 e. The molecule has 0 radical (unpaired) electrons. The zero-order chi connectivity index (χ0) is 12.3. The predicted octanol–water partition coefficient (Wildman–Crippen LogP) is 0.222. The van der Waals surface area contributed by atoms with Crippen molar-refractivity contribution in [3.8, 4) is 5.69 Å². The van der Waals surface area contributed by atoms with Gasteiger partial charge in [-0.15, -0.1) is 5.10 Å². The third-order valence-electron chi connectivity index (χ3n) is 2.31. The van der Waals surface area contributed by atoms with Crippen LogP contribution in [0.1, 0.15) is 5.69 Å². The van der Waals surface area contributed by atoms with Crippen molar-refractivity contribution < 1.29 is 9.90 Å². The van der Waals surface area contributed by atoms with Crippen LogP contribution in [-0.4, -0.2) is 32.1 Å². The molecule has 0 aliphatic carbocycles. The highest BCUT2D eigenvalue weighted by molar-refractivity contribution is 5.73. The van der Waals surface area contributed by atoms with E-state index < -0.39 is 12.0 Å². The summed E-state index contributed by atoms with van der Waals surface area (Å²) in [4.78, 5) is 10.6. The van der Waals surface area contributed by atoms with Crippen molar-refractivity contribution in [1.29, 1.82) is 0 Å². The SMILES string of the molecule is N[C@@H](Cc1cn(-c2ccccc2)nn1)C(=O)O. The number of hydrogen-bond acceptors (Lipinski definition) is 4. The molecule has 0 spiro atoms. The maximum absolute atomic E-state index is 10.6. The van der Waals surface area contributed by atoms with E-state index in [1.165, 1.54) is 0 Å². The Morgan fingerprint density at radius 1 is 1.41 bits per heavy atom. The van der Waals surface area contributed by atoms with Crippen LogP contribution in [0.4, 0.5) is 0 Å². The van der Waals surface area contributed by atoms with Gasteiger partial charge in [-0.25, -0.2) is 4.68 Å². The van der Waals surface area contributed by atoms with Gasteiger partial charge in [0, 0.05) is 6.42 Å². The van der Waals surface area contributed by atoms with Crippen molar-refractivity contribution in [2.45, 2.75) is 12.5 Å². The summed E-state index contributed by atoms with van der Waals surface area (Å²) < 4.78 is 1.59. The number of nitrogens with two attached hydrogens (primary N) is 1. The van der Waals surface area contributed by atoms with Gasteiger partial charge in [-0.05, 0) is 12.1 Å². The molecule has 6 nitrogen and oxygen atoms in total. The van der Waals surface area contributed by atoms with E-state index in [0.29, 0.717) is 5.69 Å². The van der Waals surface area contributed by atoms with Gasteiger partial charge in [0.2, 0.25) is 0 Å². The molecule has 2 aromatic rings. The average Bonchev–Trinajstić information content (AvgIpc) is 2.78. The monoisotopic (exact) mass is 232 g/mol. The molecule has 1 aromatic heterocycles. The molecule has 1 atom stereocenters. The second kappa shape index (κ2) is 4.75. The molecule has 0 aliphatic rings. The Labute approximate surface area is 97.7 Å². The fourth-order valence-electron chi connectivity index (χ4n) is 1.41. The maximum atomic E-state index is 10.6. The summed E-state index contributed by atoms with van der Waals surface area (Å²) in [6.45, 7) is 0. The molecular weight excluding hydrogens is 220 g/mol. The van der Waals surface area contributed by atoms with Crippen LogP contribution in [0.25, 0.3) is 5.69 Å². The lowest BCUT2D eigenvalue weighted by atomic mass is 10.2. The van der Waals surface area contributed by atoms with Gasteiger partial charge >= 0.3 is 5.97 Å². The summed E-state index contributed by atoms with van der Waals surface area (Å²) in [5.74, 6) is -1.04. The number of carboxylic acids is 1. The van der Waals surface area contributed by atoms with E-state index in [1.807, 2.05) is 30.3 Å². The van der Waals surface area contributed by atoms with E-state index in [2.05, 4.69) is 10.3 Å². The van der Waals surface area contributed by atoms with Crippen LogP contribution in [0.15, 0.2) is 36.5 Å². The van der Waals surface area contributed by atoms with E-state index in [0.717, 1.165) is 5.69 Å². The van der Waals surface area contributed by atoms with E-state index in [4.69, 9.17) is 10.8 Å². The number of aromatic nitrogens is 3. The van der Waals surface area contributed by atoms with Gasteiger partial charge in [0.1, 0.15) is 6.04 Å². The average molecular weight is 232 g/mol. The Morgan fingerprint density at radius 3 is 2.76 bits per heavy atom. The second-order valence-corrected chi connectivity index (χ2v) is 3.64. The van der Waals surface area contributed by atoms with Crippen molar-refractivity contribution in [2.75, 3.05) is 0 Å². The van der Waals surface area contributed by atoms with Crippen LogP contribution in [-0.2, 0) is 11.2 Å². The Kier molecular flexibility index (Phi) is 3.15. The van der Waals surface area contributed by atoms with Gasteiger partial charge in [0.05, 0.1) is 17.6 Å². The topological polar surface area (TPSA) is 94.0 Å². The van der Waals surface area contributed by atoms with Crippen LogP contribution in [0, 0.1) is 0 Å². The standard InChI is InChI=1S/C11H12N4O2/c12-10(11(16)17)6-8-7-15(14-13-8)9-4-2-1-3-5-9/h1-5,7,10H,6,12H2,(H,16,17)/t10-/m0/s1. The molecule has 0 aliphatic heterocycles. The van der Waals surface area contributed by atoms with Gasteiger partial charge < -0.3 is 10.8 Å². The number of rotatable bonds is 4. The summed E-state index contributed by atoms with van der Waals surface area (Å²) in [5.41, 5.74) is 6.85. The highest BCUT2D eigenvalue weighted by Crippen LogP contribution is 2.06. The smallest absolute Gasteiger partial charge is 0.320 e. The molecule has 2 rings (SSSR count). The third kappa shape index (κ3) is 2.67. The van der Waals surface area contributed by atoms with Crippen LogP contribution in [0.2, 0.25) is 0 Å². The zero-order valence-corrected chi connectivity index (χ0v) is 9.02. The highest BCUT2D eigenvalue weighted by Gasteiger charge is 2.14. The predicted molar refractivity (Wildman–Crippen MR) is 60.7 cm³/mol. The largest absolute Gasteiger partial charge is 0.480 e. The molecule has 17 heavy (non-hydrogen) atoms. The first-order valence-corrected chi connectivity index (χ1v) is 5.12. The lowest BCUT2D eigenvalue weighted by Gasteiger charge is -2.01. The van der Waals surface area contributed by atoms with Crippen molar-refractivity contribution in [3.05, 3.63) is 42.2 Å². The molecule has 0 saturated heterocycles. The lowest BCUT2D eigenvalue weighted by Crippen LogP contribution is -2.32. The van der Waals surface area contributed by atoms with Crippen LogP contribution >= 0.6 is 0 Å². The fourth-order valence-corrected chi connectivity index (χ4v) is 1.41. The fraction of sp³-hybridized carbons (Fsp3) is 0.182. The van der Waals surface area contributed by atoms with Gasteiger partial charge in [0.15, 0.2) is 0 Å². The Balaban J connectivity index is 2.14. The van der Waals surface area contributed by atoms with Gasteiger partial charge in [-0.2, -0.15) is 0 Å². The Morgan fingerprint density at radius 2 is 2.12 bits per heavy atom. The molecule has 3 N–H and O–H groups in total. The van der Waals surface area contributed by atoms with Crippen LogP contribution in [0.3, 0.4) is 0 Å². The molecule has 88 valence electrons. The third-order valence-corrected chi connectivity index (χ3v) is 2.31. The molecule has 1 heterocycles. The van der Waals surface area contributed by atoms with Crippen LogP contribution < -0.4 is 5.73 Å². The van der Waals surface area contributed by atoms with E-state index in [-0.39, 0.29) is 6.42 Å². The zero-order valence-electron chi connectivity index (χ0n) is 9.02. The molecule has 0 amide bonds. The molecular formula is C11H12N4O2. The molecule has 0 saturated carbocycles. The maximum Gasteiger partial charge on any atom is 0.320 e. The van der Waals surface area contributed by atoms with Gasteiger partial charge in [-0.1, -0.05) is 23.4 Å². The molecule has 1 aromatic carbocycles. The summed E-state index contributed by atoms with van der Waals surface area (Å²) in [7, 11) is 0. The minimum absolute atomic E-state index is 0.169. The quantitative estimate of drug-likeness (QED) is 0.786. The van der Waals surface area contributed by atoms with Crippen molar-refractivity contribution in [3.63, 3.8) is 0 Å². The first-order valence-electron chi connectivity index (χ1n) is 5.12. The summed E-state index contributed by atoms with van der Waals surface area (Å²) in [6, 6.07) is 8.50. The first kappa shape index (κ1) is 11.3. The van der Waals surface area contributed by atoms with E-state index >= 15 is 0 Å². The van der Waals surface area contributed by atoms with Crippen molar-refractivity contribution >= 4 is 5.97 Å². The number of hydrogen-bond donors (Lipinski definition) is 2. The number of benzene rings is 1. The first-order chi connectivity index (χ1) is 8.16. The Hall–Kier alpha value is -2.21. The number of nitrogens with zero attached hydrogens (tertiary/aromatic N) is 3. The number of aliphatic carboxylic acids is 1. The summed E-state index contributed by atoms with van der Waals surface area (Å²) in [5, 5.41) is 16.5. The molecule has 0 bridgehead atoms. The Bertz CT molecular complexity index is 509. The molecule has 0 fully saturated rings. The minimum atomic E-state index is -1.04. The van der Waals surface area contributed by atoms with Crippen molar-refractivity contribution in [2.24, 2.45) is 5.73 Å². The number of para-hydroxylation sites is 1. The number of carboxylic acid groups (broad SMARTS) is 1. The normalized spacial score (nSPS) is 12.3. The van der Waals surface area contributed by atoms with Gasteiger partial charge in [-0.3, -0.25) is 4.79 Å². The lowest BCUT2D eigenvalue weighted by molar-refractivity contribution is -0.138. The summed E-state index contributed by atoms with van der Waals surface area (Å²) >= 11 is 0. The second-order valence-electron chi connectivity index (χ2n) is 3.64. The van der Waals surface area contributed by atoms with Crippen molar-refractivity contribution in [1.82, 2.24) is 15.0 Å². The summed E-state index contributed by atoms with van der Waals surface area (Å²) in [6.07, 6.45) is 1.85. The van der Waals surface area contributed by atoms with E-state index in [9.17, 15) is 4.79 Å². The molecule has 0 unspecified atom stereocenters. The number of carbonyl (C=O) groups is 1. The molecule has 6 heteroatoms. The van der Waals surface area contributed by atoms with Crippen LogP contribution in [0.5, 0.6) is 0 Å².